The quantitative estimate of drug-likeness (QED) is 0.671. The van der Waals surface area contributed by atoms with Crippen LogP contribution < -0.4 is 5.32 Å². The lowest BCUT2D eigenvalue weighted by Crippen LogP contribution is -2.26. The van der Waals surface area contributed by atoms with Crippen molar-refractivity contribution in [2.75, 3.05) is 6.54 Å². The summed E-state index contributed by atoms with van der Waals surface area (Å²) in [6.45, 7) is 3.06. The number of carbonyl (C=O) groups excluding carboxylic acids is 1. The monoisotopic (exact) mass is 396 g/mol. The van der Waals surface area contributed by atoms with Gasteiger partial charge in [0.2, 0.25) is 0 Å². The van der Waals surface area contributed by atoms with Gasteiger partial charge >= 0.3 is 0 Å². The van der Waals surface area contributed by atoms with Crippen LogP contribution in [0.15, 0.2) is 29.1 Å². The highest BCUT2D eigenvalue weighted by molar-refractivity contribution is 9.10. The Hall–Kier alpha value is -1.93. The van der Waals surface area contributed by atoms with Gasteiger partial charge in [-0.15, -0.1) is 0 Å². The van der Waals surface area contributed by atoms with Crippen LogP contribution in [0.4, 0.5) is 0 Å². The number of amides is 1. The third kappa shape index (κ3) is 3.37. The van der Waals surface area contributed by atoms with Crippen molar-refractivity contribution >= 4 is 39.1 Å². The number of aromatic nitrogens is 5. The van der Waals surface area contributed by atoms with Crippen LogP contribution in [0, 0.1) is 6.92 Å². The van der Waals surface area contributed by atoms with Gasteiger partial charge in [0.25, 0.3) is 5.91 Å². The average Bonchev–Trinajstić information content (AvgIpc) is 3.04. The van der Waals surface area contributed by atoms with Crippen molar-refractivity contribution in [1.82, 2.24) is 29.7 Å². The first-order valence-corrected chi connectivity index (χ1v) is 8.20. The van der Waals surface area contributed by atoms with Gasteiger partial charge in [0.15, 0.2) is 11.3 Å². The van der Waals surface area contributed by atoms with Gasteiger partial charge in [-0.3, -0.25) is 9.48 Å². The first-order chi connectivity index (χ1) is 11.1. The minimum Gasteiger partial charge on any atom is -0.351 e. The minimum absolute atomic E-state index is 0.239. The Kier molecular flexibility index (Phi) is 4.63. The maximum absolute atomic E-state index is 12.2. The number of nitrogens with one attached hydrogen (secondary N) is 1. The lowest BCUT2D eigenvalue weighted by atomic mass is 10.3. The molecule has 0 fully saturated rings. The van der Waals surface area contributed by atoms with Gasteiger partial charge in [0.1, 0.15) is 0 Å². The second-order valence-corrected chi connectivity index (χ2v) is 6.19. The van der Waals surface area contributed by atoms with E-state index in [1.54, 1.807) is 33.9 Å². The molecule has 0 aliphatic heterocycles. The summed E-state index contributed by atoms with van der Waals surface area (Å²) < 4.78 is 3.92. The molecule has 23 heavy (non-hydrogen) atoms. The zero-order valence-electron chi connectivity index (χ0n) is 12.3. The largest absolute Gasteiger partial charge is 0.351 e. The summed E-state index contributed by atoms with van der Waals surface area (Å²) in [5.74, 6) is -0.239. The Morgan fingerprint density at radius 1 is 1.43 bits per heavy atom. The average molecular weight is 398 g/mol. The van der Waals surface area contributed by atoms with E-state index in [0.717, 1.165) is 12.1 Å². The summed E-state index contributed by atoms with van der Waals surface area (Å²) >= 11 is 9.33. The lowest BCUT2D eigenvalue weighted by molar-refractivity contribution is 0.0946. The number of halogens is 2. The van der Waals surface area contributed by atoms with Crippen molar-refractivity contribution in [1.29, 1.82) is 0 Å². The van der Waals surface area contributed by atoms with Gasteiger partial charge in [0.05, 0.1) is 15.2 Å². The molecule has 9 heteroatoms. The summed E-state index contributed by atoms with van der Waals surface area (Å²) in [6, 6.07) is 1.76. The number of hydrogen-bond acceptors (Lipinski definition) is 4. The molecule has 0 unspecified atom stereocenters. The van der Waals surface area contributed by atoms with Crippen LogP contribution in [0.3, 0.4) is 0 Å². The molecule has 3 aromatic rings. The van der Waals surface area contributed by atoms with Crippen LogP contribution >= 0.6 is 27.5 Å². The summed E-state index contributed by atoms with van der Waals surface area (Å²) in [4.78, 5) is 16.4. The normalized spacial score (nSPS) is 11.1. The Morgan fingerprint density at radius 2 is 2.26 bits per heavy atom. The highest BCUT2D eigenvalue weighted by Crippen LogP contribution is 2.20. The van der Waals surface area contributed by atoms with Crippen LogP contribution in [0.2, 0.25) is 5.02 Å². The van der Waals surface area contributed by atoms with E-state index in [1.807, 2.05) is 6.92 Å². The molecule has 1 amide bonds. The predicted octanol–water partition coefficient (Wildman–Crippen LogP) is 2.47. The first kappa shape index (κ1) is 15.9. The SMILES string of the molecule is Cc1nn(CCCNC(=O)c2nn3cccnc3c2Br)cc1Cl. The minimum atomic E-state index is -0.239. The lowest BCUT2D eigenvalue weighted by Gasteiger charge is -2.04. The Labute approximate surface area is 145 Å². The number of fused-ring (bicyclic) bond motifs is 1. The molecular weight excluding hydrogens is 384 g/mol. The smallest absolute Gasteiger partial charge is 0.273 e. The van der Waals surface area contributed by atoms with E-state index in [-0.39, 0.29) is 5.91 Å². The summed E-state index contributed by atoms with van der Waals surface area (Å²) in [6.07, 6.45) is 5.92. The molecule has 0 atom stereocenters. The van der Waals surface area contributed by atoms with Gasteiger partial charge in [0, 0.05) is 31.7 Å². The standard InChI is InChI=1S/C14H14BrClN6O/c1-9-10(16)8-21(19-9)6-2-5-18-14(23)12-11(15)13-17-4-3-7-22(13)20-12/h3-4,7-8H,2,5-6H2,1H3,(H,18,23). The van der Waals surface area contributed by atoms with E-state index >= 15 is 0 Å². The van der Waals surface area contributed by atoms with E-state index in [4.69, 9.17) is 11.6 Å². The molecule has 3 rings (SSSR count). The van der Waals surface area contributed by atoms with Crippen LogP contribution in [0.5, 0.6) is 0 Å². The molecule has 0 aliphatic rings. The molecular formula is C14H14BrClN6O. The molecule has 0 saturated heterocycles. The molecule has 0 bridgehead atoms. The van der Waals surface area contributed by atoms with E-state index in [1.165, 1.54) is 0 Å². The first-order valence-electron chi connectivity index (χ1n) is 7.03. The number of carbonyl (C=O) groups is 1. The van der Waals surface area contributed by atoms with Crippen molar-refractivity contribution < 1.29 is 4.79 Å². The van der Waals surface area contributed by atoms with Gasteiger partial charge in [-0.2, -0.15) is 10.2 Å². The molecule has 0 radical (unpaired) electrons. The second-order valence-electron chi connectivity index (χ2n) is 4.99. The highest BCUT2D eigenvalue weighted by Gasteiger charge is 2.17. The Balaban J connectivity index is 1.57. The summed E-state index contributed by atoms with van der Waals surface area (Å²) in [7, 11) is 0. The van der Waals surface area contributed by atoms with Crippen molar-refractivity contribution in [3.05, 3.63) is 45.5 Å². The fourth-order valence-corrected chi connectivity index (χ4v) is 2.83. The van der Waals surface area contributed by atoms with Gasteiger partial charge < -0.3 is 5.32 Å². The van der Waals surface area contributed by atoms with E-state index in [2.05, 4.69) is 36.4 Å². The molecule has 0 spiro atoms. The molecule has 1 N–H and O–H groups in total. The van der Waals surface area contributed by atoms with Gasteiger partial charge in [-0.05, 0) is 35.3 Å². The Bertz CT molecular complexity index is 839. The van der Waals surface area contributed by atoms with Crippen molar-refractivity contribution in [2.45, 2.75) is 19.9 Å². The van der Waals surface area contributed by atoms with Crippen LogP contribution in [-0.4, -0.2) is 36.8 Å². The van der Waals surface area contributed by atoms with Crippen LogP contribution in [-0.2, 0) is 6.54 Å². The van der Waals surface area contributed by atoms with Crippen molar-refractivity contribution in [3.8, 4) is 0 Å². The third-order valence-electron chi connectivity index (χ3n) is 3.29. The zero-order chi connectivity index (χ0) is 16.4. The second kappa shape index (κ2) is 6.67. The summed E-state index contributed by atoms with van der Waals surface area (Å²) in [5, 5.41) is 12.0. The van der Waals surface area contributed by atoms with E-state index < -0.39 is 0 Å². The van der Waals surface area contributed by atoms with Gasteiger partial charge in [-0.25, -0.2) is 9.50 Å². The maximum Gasteiger partial charge on any atom is 0.273 e. The van der Waals surface area contributed by atoms with Gasteiger partial charge in [-0.1, -0.05) is 11.6 Å². The molecule has 0 aliphatic carbocycles. The molecule has 3 heterocycles. The zero-order valence-corrected chi connectivity index (χ0v) is 14.7. The topological polar surface area (TPSA) is 77.1 Å². The predicted molar refractivity (Wildman–Crippen MR) is 89.6 cm³/mol. The number of rotatable bonds is 5. The fraction of sp³-hybridized carbons (Fsp3) is 0.286. The fourth-order valence-electron chi connectivity index (χ4n) is 2.14. The van der Waals surface area contributed by atoms with E-state index in [9.17, 15) is 4.79 Å². The number of hydrogen-bond donors (Lipinski definition) is 1. The number of nitrogens with zero attached hydrogens (tertiary/aromatic N) is 5. The Morgan fingerprint density at radius 3 is 2.96 bits per heavy atom. The maximum atomic E-state index is 12.2. The van der Waals surface area contributed by atoms with Crippen LogP contribution in [0.25, 0.3) is 5.65 Å². The highest BCUT2D eigenvalue weighted by atomic mass is 79.9. The molecule has 0 saturated carbocycles. The van der Waals surface area contributed by atoms with Crippen molar-refractivity contribution in [2.24, 2.45) is 0 Å². The van der Waals surface area contributed by atoms with Crippen molar-refractivity contribution in [3.63, 3.8) is 0 Å². The van der Waals surface area contributed by atoms with E-state index in [0.29, 0.717) is 33.9 Å². The number of aryl methyl sites for hydroxylation is 2. The van der Waals surface area contributed by atoms with Crippen LogP contribution in [0.1, 0.15) is 22.6 Å². The molecule has 3 aromatic heterocycles. The molecule has 7 nitrogen and oxygen atoms in total. The molecule has 120 valence electrons. The summed E-state index contributed by atoms with van der Waals surface area (Å²) in [5.41, 5.74) is 1.73. The molecule has 0 aromatic carbocycles. The third-order valence-corrected chi connectivity index (χ3v) is 4.39.